The van der Waals surface area contributed by atoms with Crippen LogP contribution in [0.1, 0.15) is 90.9 Å². The summed E-state index contributed by atoms with van der Waals surface area (Å²) in [5.41, 5.74) is 1.04. The fourth-order valence-corrected chi connectivity index (χ4v) is 10.6. The minimum atomic E-state index is -0.259. The highest BCUT2D eigenvalue weighted by Gasteiger charge is 2.64. The van der Waals surface area contributed by atoms with Gasteiger partial charge in [0.1, 0.15) is 0 Å². The fraction of sp³-hybridized carbons (Fsp3) is 1.00. The summed E-state index contributed by atoms with van der Waals surface area (Å²) in [4.78, 5) is 0. The van der Waals surface area contributed by atoms with Crippen molar-refractivity contribution in [1.29, 1.82) is 0 Å². The van der Waals surface area contributed by atoms with Crippen LogP contribution in [0.5, 0.6) is 0 Å². The highest BCUT2D eigenvalue weighted by Crippen LogP contribution is 2.70. The lowest BCUT2D eigenvalue weighted by Crippen LogP contribution is -2.55. The van der Waals surface area contributed by atoms with Crippen LogP contribution in [0.2, 0.25) is 0 Å². The van der Waals surface area contributed by atoms with Crippen LogP contribution in [-0.4, -0.2) is 29.5 Å². The summed E-state index contributed by atoms with van der Waals surface area (Å²) in [5.74, 6) is 3.63. The van der Waals surface area contributed by atoms with E-state index in [4.69, 9.17) is 9.47 Å². The molecule has 0 bridgehead atoms. The molecule has 5 aliphatic carbocycles. The summed E-state index contributed by atoms with van der Waals surface area (Å²) in [6.45, 7) is 5.32. The van der Waals surface area contributed by atoms with Crippen molar-refractivity contribution >= 4 is 11.8 Å². The molecule has 0 N–H and O–H groups in total. The van der Waals surface area contributed by atoms with Crippen LogP contribution in [0.15, 0.2) is 0 Å². The molecule has 0 aromatic carbocycles. The Morgan fingerprint density at radius 3 is 2.39 bits per heavy atom. The van der Waals surface area contributed by atoms with Gasteiger partial charge >= 0.3 is 0 Å². The lowest BCUT2D eigenvalue weighted by atomic mass is 9.45. The number of fused-ring (bicyclic) bond motifs is 6. The van der Waals surface area contributed by atoms with Gasteiger partial charge in [0.15, 0.2) is 5.79 Å². The normalized spacial score (nSPS) is 56.5. The van der Waals surface area contributed by atoms with Crippen LogP contribution in [-0.2, 0) is 9.47 Å². The molecule has 0 aromatic rings. The maximum Gasteiger partial charge on any atom is 0.168 e. The van der Waals surface area contributed by atoms with Crippen molar-refractivity contribution in [1.82, 2.24) is 0 Å². The Bertz CT molecular complexity index is 630. The van der Waals surface area contributed by atoms with E-state index in [1.165, 1.54) is 57.8 Å². The molecule has 9 atom stereocenters. The van der Waals surface area contributed by atoms with Crippen molar-refractivity contribution in [3.8, 4) is 0 Å². The first kappa shape index (κ1) is 19.0. The molecule has 3 heteroatoms. The topological polar surface area (TPSA) is 18.5 Å². The van der Waals surface area contributed by atoms with Gasteiger partial charge in [-0.2, -0.15) is 11.8 Å². The highest BCUT2D eigenvalue weighted by atomic mass is 32.2. The molecule has 0 radical (unpaired) electrons. The molecule has 28 heavy (non-hydrogen) atoms. The quantitative estimate of drug-likeness (QED) is 0.399. The average molecular weight is 405 g/mol. The minimum Gasteiger partial charge on any atom is -0.353 e. The predicted octanol–water partition coefficient (Wildman–Crippen LogP) is 6.42. The van der Waals surface area contributed by atoms with E-state index in [9.17, 15) is 0 Å². The molecule has 0 unspecified atom stereocenters. The number of thioether (sulfide) groups is 1. The first-order chi connectivity index (χ1) is 13.5. The standard InChI is InChI=1S/C25H40O2S/c1-23-13-10-19-17(7-6-16-14-20-21(28-20)15-24(16,19)2)18(23)8-9-22(23)27-25(26-3)11-4-5-12-25/h16-22H,4-15H2,1-3H3/t16-,17-,18-,19-,20+,21+,22-,23-,24-/m0/s1. The molecule has 6 aliphatic rings. The number of ether oxygens (including phenoxy) is 2. The molecule has 0 aromatic heterocycles. The van der Waals surface area contributed by atoms with Gasteiger partial charge in [0, 0.05) is 30.5 Å². The number of methoxy groups -OCH3 is 1. The third kappa shape index (κ3) is 2.60. The van der Waals surface area contributed by atoms with E-state index in [0.29, 0.717) is 16.9 Å². The third-order valence-corrected chi connectivity index (χ3v) is 12.3. The Morgan fingerprint density at radius 1 is 0.821 bits per heavy atom. The maximum absolute atomic E-state index is 6.89. The number of hydrogen-bond donors (Lipinski definition) is 0. The first-order valence-electron chi connectivity index (χ1n) is 12.4. The SMILES string of the molecule is COC1(O[C@H]2CC[C@H]3[C@@H]4CC[C@H]5C[C@H]6S[C@@H]6C[C@]5(C)[C@H]4CC[C@]23C)CCCC1. The van der Waals surface area contributed by atoms with Crippen molar-refractivity contribution < 1.29 is 9.47 Å². The lowest BCUT2D eigenvalue weighted by molar-refractivity contribution is -0.264. The fourth-order valence-electron chi connectivity index (χ4n) is 9.21. The second kappa shape index (κ2) is 6.39. The zero-order valence-corrected chi connectivity index (χ0v) is 19.1. The van der Waals surface area contributed by atoms with Gasteiger partial charge < -0.3 is 9.47 Å². The Labute approximate surface area is 176 Å². The Kier molecular flexibility index (Phi) is 4.33. The summed E-state index contributed by atoms with van der Waals surface area (Å²) in [6, 6.07) is 0. The first-order valence-corrected chi connectivity index (χ1v) is 13.3. The molecule has 5 saturated carbocycles. The summed E-state index contributed by atoms with van der Waals surface area (Å²) < 4.78 is 12.9. The largest absolute Gasteiger partial charge is 0.353 e. The van der Waals surface area contributed by atoms with E-state index >= 15 is 0 Å². The van der Waals surface area contributed by atoms with Crippen molar-refractivity contribution in [2.24, 2.45) is 34.5 Å². The molecule has 0 spiro atoms. The molecule has 1 aliphatic heterocycles. The zero-order chi connectivity index (χ0) is 19.1. The second-order valence-corrected chi connectivity index (χ2v) is 13.3. The Balaban J connectivity index is 1.23. The molecule has 6 rings (SSSR count). The minimum absolute atomic E-state index is 0.259. The van der Waals surface area contributed by atoms with Crippen molar-refractivity contribution in [3.05, 3.63) is 0 Å². The van der Waals surface area contributed by atoms with E-state index < -0.39 is 0 Å². The smallest absolute Gasteiger partial charge is 0.168 e. The van der Waals surface area contributed by atoms with Crippen LogP contribution in [0.3, 0.4) is 0 Å². The predicted molar refractivity (Wildman–Crippen MR) is 115 cm³/mol. The molecule has 6 fully saturated rings. The monoisotopic (exact) mass is 404 g/mol. The van der Waals surface area contributed by atoms with Gasteiger partial charge in [0.2, 0.25) is 0 Å². The average Bonchev–Trinajstić information content (AvgIpc) is 3.11. The summed E-state index contributed by atoms with van der Waals surface area (Å²) in [7, 11) is 1.88. The molecular formula is C25H40O2S. The summed E-state index contributed by atoms with van der Waals surface area (Å²) in [5, 5.41) is 2.07. The van der Waals surface area contributed by atoms with Crippen LogP contribution < -0.4 is 0 Å². The van der Waals surface area contributed by atoms with Crippen molar-refractivity contribution in [2.75, 3.05) is 7.11 Å². The van der Waals surface area contributed by atoms with Gasteiger partial charge in [-0.05, 0) is 98.7 Å². The molecule has 158 valence electrons. The van der Waals surface area contributed by atoms with Gasteiger partial charge in [-0.25, -0.2) is 0 Å². The molecule has 2 nitrogen and oxygen atoms in total. The lowest BCUT2D eigenvalue weighted by Gasteiger charge is -2.60. The molecule has 0 amide bonds. The summed E-state index contributed by atoms with van der Waals surface area (Å²) in [6.07, 6.45) is 16.8. The van der Waals surface area contributed by atoms with Gasteiger partial charge in [-0.15, -0.1) is 0 Å². The number of hydrogen-bond acceptors (Lipinski definition) is 3. The highest BCUT2D eigenvalue weighted by molar-refractivity contribution is 8.07. The maximum atomic E-state index is 6.89. The second-order valence-electron chi connectivity index (χ2n) is 11.9. The van der Waals surface area contributed by atoms with E-state index in [-0.39, 0.29) is 5.79 Å². The van der Waals surface area contributed by atoms with Gasteiger partial charge in [-0.1, -0.05) is 13.8 Å². The molecule has 1 saturated heterocycles. The number of rotatable bonds is 3. The molecule has 1 heterocycles. The third-order valence-electron chi connectivity index (χ3n) is 10.9. The van der Waals surface area contributed by atoms with Crippen LogP contribution >= 0.6 is 11.8 Å². The summed E-state index contributed by atoms with van der Waals surface area (Å²) >= 11 is 2.31. The Morgan fingerprint density at radius 2 is 1.61 bits per heavy atom. The van der Waals surface area contributed by atoms with Crippen LogP contribution in [0, 0.1) is 34.5 Å². The Hall–Kier alpha value is 0.270. The van der Waals surface area contributed by atoms with E-state index in [2.05, 4.69) is 25.6 Å². The van der Waals surface area contributed by atoms with Gasteiger partial charge in [-0.3, -0.25) is 0 Å². The van der Waals surface area contributed by atoms with E-state index in [1.54, 1.807) is 6.42 Å². The van der Waals surface area contributed by atoms with Crippen molar-refractivity contribution in [2.45, 2.75) is 113 Å². The van der Waals surface area contributed by atoms with Gasteiger partial charge in [0.05, 0.1) is 6.10 Å². The molecular weight excluding hydrogens is 364 g/mol. The van der Waals surface area contributed by atoms with Crippen LogP contribution in [0.25, 0.3) is 0 Å². The van der Waals surface area contributed by atoms with E-state index in [0.717, 1.165) is 47.0 Å². The van der Waals surface area contributed by atoms with Crippen molar-refractivity contribution in [3.63, 3.8) is 0 Å². The zero-order valence-electron chi connectivity index (χ0n) is 18.3. The van der Waals surface area contributed by atoms with Gasteiger partial charge in [0.25, 0.3) is 0 Å². The van der Waals surface area contributed by atoms with E-state index in [1.807, 2.05) is 7.11 Å². The van der Waals surface area contributed by atoms with Crippen LogP contribution in [0.4, 0.5) is 0 Å².